The molecule has 0 unspecified atom stereocenters. The van der Waals surface area contributed by atoms with Crippen LogP contribution in [0, 0.1) is 0 Å². The smallest absolute Gasteiger partial charge is 0.294 e. The van der Waals surface area contributed by atoms with Gasteiger partial charge in [0, 0.05) is 23.1 Å². The van der Waals surface area contributed by atoms with Crippen molar-refractivity contribution in [2.75, 3.05) is 26.7 Å². The van der Waals surface area contributed by atoms with E-state index in [4.69, 9.17) is 4.74 Å². The van der Waals surface area contributed by atoms with Crippen LogP contribution in [-0.4, -0.2) is 53.6 Å². The van der Waals surface area contributed by atoms with Crippen molar-refractivity contribution in [2.45, 2.75) is 19.3 Å². The molecule has 1 aromatic rings. The number of hydrogen-bond donors (Lipinski definition) is 0. The molecule has 2 heterocycles. The molecule has 144 valence electrons. The van der Waals surface area contributed by atoms with Gasteiger partial charge in [-0.05, 0) is 65.2 Å². The highest BCUT2D eigenvalue weighted by Crippen LogP contribution is 2.38. The molecular formula is C18H18Br2N2O4S. The topological polar surface area (TPSA) is 66.9 Å². The fourth-order valence-electron chi connectivity index (χ4n) is 3.06. The molecule has 0 atom stereocenters. The van der Waals surface area contributed by atoms with Crippen molar-refractivity contribution in [3.63, 3.8) is 0 Å². The van der Waals surface area contributed by atoms with Crippen molar-refractivity contribution in [1.29, 1.82) is 0 Å². The molecule has 0 saturated carbocycles. The Bertz CT molecular complexity index is 822. The van der Waals surface area contributed by atoms with Crippen LogP contribution in [0.2, 0.25) is 0 Å². The highest BCUT2D eigenvalue weighted by molar-refractivity contribution is 9.11. The molecule has 2 aliphatic heterocycles. The van der Waals surface area contributed by atoms with Gasteiger partial charge in [0.2, 0.25) is 5.91 Å². The molecule has 2 aliphatic rings. The van der Waals surface area contributed by atoms with Crippen molar-refractivity contribution in [2.24, 2.45) is 0 Å². The molecule has 27 heavy (non-hydrogen) atoms. The fraction of sp³-hybridized carbons (Fsp3) is 0.389. The number of amides is 3. The number of imide groups is 1. The van der Waals surface area contributed by atoms with E-state index < -0.39 is 11.1 Å². The molecule has 0 aromatic heterocycles. The van der Waals surface area contributed by atoms with Crippen LogP contribution in [0.3, 0.4) is 0 Å². The Morgan fingerprint density at radius 2 is 1.93 bits per heavy atom. The summed E-state index contributed by atoms with van der Waals surface area (Å²) in [4.78, 5) is 40.4. The lowest BCUT2D eigenvalue weighted by Gasteiger charge is -2.27. The maximum absolute atomic E-state index is 12.7. The molecule has 3 rings (SSSR count). The number of likely N-dealkylation sites (tertiary alicyclic amines) is 1. The van der Waals surface area contributed by atoms with Crippen LogP contribution in [0.5, 0.6) is 5.75 Å². The molecule has 0 bridgehead atoms. The number of carbonyl (C=O) groups excluding carboxylic acids is 3. The van der Waals surface area contributed by atoms with Crippen LogP contribution in [-0.2, 0) is 9.59 Å². The number of halogens is 2. The van der Waals surface area contributed by atoms with Crippen LogP contribution in [0.15, 0.2) is 26.0 Å². The minimum absolute atomic E-state index is 0.180. The third-order valence-corrected chi connectivity index (χ3v) is 6.36. The van der Waals surface area contributed by atoms with E-state index in [0.717, 1.165) is 44.9 Å². The number of piperidine rings is 1. The number of rotatable bonds is 4. The number of ether oxygens (including phenoxy) is 1. The van der Waals surface area contributed by atoms with E-state index in [1.54, 1.807) is 17.0 Å². The second kappa shape index (κ2) is 8.79. The largest absolute Gasteiger partial charge is 0.495 e. The first-order valence-electron chi connectivity index (χ1n) is 8.47. The van der Waals surface area contributed by atoms with E-state index in [-0.39, 0.29) is 17.4 Å². The maximum atomic E-state index is 12.7. The first-order chi connectivity index (χ1) is 12.9. The summed E-state index contributed by atoms with van der Waals surface area (Å²) in [5.41, 5.74) is 0.659. The fourth-order valence-corrected chi connectivity index (χ4v) is 5.31. The first kappa shape index (κ1) is 20.4. The van der Waals surface area contributed by atoms with Crippen molar-refractivity contribution in [3.05, 3.63) is 31.5 Å². The number of carbonyl (C=O) groups is 3. The highest BCUT2D eigenvalue weighted by Gasteiger charge is 2.37. The highest BCUT2D eigenvalue weighted by atomic mass is 79.9. The Hall–Kier alpha value is -1.32. The van der Waals surface area contributed by atoms with E-state index in [0.29, 0.717) is 24.4 Å². The molecule has 1 aromatic carbocycles. The van der Waals surface area contributed by atoms with Crippen LogP contribution < -0.4 is 4.74 Å². The predicted octanol–water partition coefficient (Wildman–Crippen LogP) is 4.27. The minimum atomic E-state index is -0.450. The van der Waals surface area contributed by atoms with Crippen molar-refractivity contribution >= 4 is 66.8 Å². The van der Waals surface area contributed by atoms with Gasteiger partial charge in [-0.3, -0.25) is 19.3 Å². The zero-order valence-corrected chi connectivity index (χ0v) is 18.7. The number of benzene rings is 1. The van der Waals surface area contributed by atoms with Crippen molar-refractivity contribution < 1.29 is 19.1 Å². The lowest BCUT2D eigenvalue weighted by molar-refractivity contribution is -0.136. The van der Waals surface area contributed by atoms with E-state index >= 15 is 0 Å². The Morgan fingerprint density at radius 3 is 2.59 bits per heavy atom. The van der Waals surface area contributed by atoms with Gasteiger partial charge in [0.25, 0.3) is 11.1 Å². The summed E-state index contributed by atoms with van der Waals surface area (Å²) in [6.07, 6.45) is 4.65. The second-order valence-corrected chi connectivity index (χ2v) is 8.98. The maximum Gasteiger partial charge on any atom is 0.294 e. The van der Waals surface area contributed by atoms with Gasteiger partial charge >= 0.3 is 0 Å². The van der Waals surface area contributed by atoms with Crippen LogP contribution in [0.4, 0.5) is 4.79 Å². The van der Waals surface area contributed by atoms with Crippen LogP contribution >= 0.6 is 43.6 Å². The number of methoxy groups -OCH3 is 1. The van der Waals surface area contributed by atoms with E-state index in [9.17, 15) is 14.4 Å². The average Bonchev–Trinajstić information content (AvgIpc) is 2.89. The van der Waals surface area contributed by atoms with Gasteiger partial charge < -0.3 is 9.64 Å². The summed E-state index contributed by atoms with van der Waals surface area (Å²) in [6, 6.07) is 3.63. The third kappa shape index (κ3) is 4.57. The lowest BCUT2D eigenvalue weighted by Crippen LogP contribution is -2.44. The Labute approximate surface area is 178 Å². The SMILES string of the molecule is COc1c(Br)cc(Br)cc1/C=C1\SC(=O)N(CC(=O)N2CCCCC2)C1=O. The molecule has 0 N–H and O–H groups in total. The molecule has 0 spiro atoms. The molecule has 0 radical (unpaired) electrons. The number of nitrogens with zero attached hydrogens (tertiary/aromatic N) is 2. The summed E-state index contributed by atoms with van der Waals surface area (Å²) in [7, 11) is 1.54. The lowest BCUT2D eigenvalue weighted by atomic mass is 10.1. The average molecular weight is 518 g/mol. The molecular weight excluding hydrogens is 500 g/mol. The Kier molecular flexibility index (Phi) is 6.65. The van der Waals surface area contributed by atoms with E-state index in [1.807, 2.05) is 6.07 Å². The summed E-state index contributed by atoms with van der Waals surface area (Å²) in [5.74, 6) is -0.0658. The zero-order chi connectivity index (χ0) is 19.6. The summed E-state index contributed by atoms with van der Waals surface area (Å²) >= 11 is 7.66. The standard InChI is InChI=1S/C18H18Br2N2O4S/c1-26-16-11(7-12(19)9-13(16)20)8-14-17(24)22(18(25)27-14)10-15(23)21-5-3-2-4-6-21/h7-9H,2-6,10H2,1H3/b14-8-. The van der Waals surface area contributed by atoms with Crippen LogP contribution in [0.1, 0.15) is 24.8 Å². The van der Waals surface area contributed by atoms with Gasteiger partial charge in [0.15, 0.2) is 0 Å². The summed E-state index contributed by atoms with van der Waals surface area (Å²) in [6.45, 7) is 1.17. The predicted molar refractivity (Wildman–Crippen MR) is 112 cm³/mol. The van der Waals surface area contributed by atoms with Gasteiger partial charge in [-0.25, -0.2) is 0 Å². The Morgan fingerprint density at radius 1 is 1.22 bits per heavy atom. The minimum Gasteiger partial charge on any atom is -0.495 e. The van der Waals surface area contributed by atoms with Crippen molar-refractivity contribution in [3.8, 4) is 5.75 Å². The summed E-state index contributed by atoms with van der Waals surface area (Å²) in [5, 5.41) is -0.426. The molecule has 0 aliphatic carbocycles. The number of hydrogen-bond acceptors (Lipinski definition) is 5. The molecule has 3 amide bonds. The van der Waals surface area contributed by atoms with Gasteiger partial charge in [0.05, 0.1) is 16.5 Å². The third-order valence-electron chi connectivity index (χ3n) is 4.40. The van der Waals surface area contributed by atoms with Gasteiger partial charge in [0.1, 0.15) is 12.3 Å². The quantitative estimate of drug-likeness (QED) is 0.558. The zero-order valence-electron chi connectivity index (χ0n) is 14.7. The second-order valence-electron chi connectivity index (χ2n) is 6.22. The van der Waals surface area contributed by atoms with E-state index in [1.165, 1.54) is 7.11 Å². The monoisotopic (exact) mass is 516 g/mol. The van der Waals surface area contributed by atoms with Gasteiger partial charge in [-0.15, -0.1) is 0 Å². The van der Waals surface area contributed by atoms with Crippen molar-refractivity contribution in [1.82, 2.24) is 9.80 Å². The first-order valence-corrected chi connectivity index (χ1v) is 10.9. The molecule has 9 heteroatoms. The van der Waals surface area contributed by atoms with Crippen LogP contribution in [0.25, 0.3) is 6.08 Å². The van der Waals surface area contributed by atoms with E-state index in [2.05, 4.69) is 31.9 Å². The Balaban J connectivity index is 1.80. The van der Waals surface area contributed by atoms with Gasteiger partial charge in [-0.1, -0.05) is 15.9 Å². The normalized spacial score (nSPS) is 19.1. The molecule has 6 nitrogen and oxygen atoms in total. The molecule has 2 fully saturated rings. The van der Waals surface area contributed by atoms with Gasteiger partial charge in [-0.2, -0.15) is 0 Å². The summed E-state index contributed by atoms with van der Waals surface area (Å²) < 4.78 is 6.92. The molecule has 2 saturated heterocycles. The number of thioether (sulfide) groups is 1.